The predicted octanol–water partition coefficient (Wildman–Crippen LogP) is 5.53. The molecular formula is C21H24N2OS2. The van der Waals surface area contributed by atoms with Crippen LogP contribution < -0.4 is 5.56 Å². The molecule has 0 aliphatic heterocycles. The third kappa shape index (κ3) is 3.23. The third-order valence-electron chi connectivity index (χ3n) is 4.98. The summed E-state index contributed by atoms with van der Waals surface area (Å²) < 4.78 is 1.84. The molecule has 136 valence electrons. The topological polar surface area (TPSA) is 34.9 Å². The smallest absolute Gasteiger partial charge is 0.267 e. The maximum absolute atomic E-state index is 13.5. The Morgan fingerprint density at radius 3 is 2.77 bits per heavy atom. The second kappa shape index (κ2) is 7.57. The van der Waals surface area contributed by atoms with Crippen molar-refractivity contribution in [2.75, 3.05) is 5.75 Å². The van der Waals surface area contributed by atoms with Crippen molar-refractivity contribution in [3.8, 4) is 5.69 Å². The average molecular weight is 385 g/mol. The number of unbranched alkanes of at least 4 members (excludes halogenated alkanes) is 2. The van der Waals surface area contributed by atoms with Gasteiger partial charge in [0.1, 0.15) is 4.83 Å². The molecule has 2 heterocycles. The Labute approximate surface area is 162 Å². The Bertz CT molecular complexity index is 986. The maximum Gasteiger partial charge on any atom is 0.267 e. The first kappa shape index (κ1) is 17.8. The molecule has 0 atom stereocenters. The molecule has 0 unspecified atom stereocenters. The first-order chi connectivity index (χ1) is 12.7. The molecule has 3 aromatic rings. The first-order valence-electron chi connectivity index (χ1n) is 9.46. The molecule has 3 nitrogen and oxygen atoms in total. The lowest BCUT2D eigenvalue weighted by Crippen LogP contribution is -2.22. The Hall–Kier alpha value is -1.59. The number of aryl methyl sites for hydroxylation is 3. The molecule has 1 aliphatic carbocycles. The SMILES string of the molecule is CCCCCSc1nc2sc3c(c2c(=O)n1-c1ccc(C)cc1)CCC3. The highest BCUT2D eigenvalue weighted by atomic mass is 32.2. The molecule has 1 aromatic carbocycles. The lowest BCUT2D eigenvalue weighted by molar-refractivity contribution is 0.772. The van der Waals surface area contributed by atoms with E-state index in [9.17, 15) is 4.79 Å². The molecule has 0 N–H and O–H groups in total. The highest BCUT2D eigenvalue weighted by Gasteiger charge is 2.23. The van der Waals surface area contributed by atoms with E-state index < -0.39 is 0 Å². The summed E-state index contributed by atoms with van der Waals surface area (Å²) in [7, 11) is 0. The largest absolute Gasteiger partial charge is 0.268 e. The van der Waals surface area contributed by atoms with Gasteiger partial charge in [-0.2, -0.15) is 0 Å². The number of benzene rings is 1. The van der Waals surface area contributed by atoms with Gasteiger partial charge in [0.2, 0.25) is 0 Å². The van der Waals surface area contributed by atoms with E-state index >= 15 is 0 Å². The molecule has 26 heavy (non-hydrogen) atoms. The molecule has 0 radical (unpaired) electrons. The van der Waals surface area contributed by atoms with Crippen LogP contribution in [-0.4, -0.2) is 15.3 Å². The van der Waals surface area contributed by atoms with Crippen LogP contribution in [-0.2, 0) is 12.8 Å². The maximum atomic E-state index is 13.5. The van der Waals surface area contributed by atoms with Gasteiger partial charge >= 0.3 is 0 Å². The molecule has 0 bridgehead atoms. The summed E-state index contributed by atoms with van der Waals surface area (Å²) in [5.74, 6) is 1.00. The summed E-state index contributed by atoms with van der Waals surface area (Å²) in [5, 5.41) is 1.70. The van der Waals surface area contributed by atoms with E-state index in [2.05, 4.69) is 26.0 Å². The number of thiophene rings is 1. The van der Waals surface area contributed by atoms with Crippen molar-refractivity contribution >= 4 is 33.3 Å². The molecule has 0 saturated carbocycles. The van der Waals surface area contributed by atoms with Crippen LogP contribution in [0.25, 0.3) is 15.9 Å². The number of hydrogen-bond acceptors (Lipinski definition) is 4. The van der Waals surface area contributed by atoms with Crippen LogP contribution in [0.4, 0.5) is 0 Å². The van der Waals surface area contributed by atoms with Crippen LogP contribution in [0.1, 0.15) is 48.6 Å². The van der Waals surface area contributed by atoms with E-state index in [0.29, 0.717) is 0 Å². The van der Waals surface area contributed by atoms with Crippen molar-refractivity contribution in [3.63, 3.8) is 0 Å². The second-order valence-corrected chi connectivity index (χ2v) is 9.11. The van der Waals surface area contributed by atoms with Gasteiger partial charge in [-0.1, -0.05) is 49.2 Å². The van der Waals surface area contributed by atoms with E-state index in [4.69, 9.17) is 4.98 Å². The zero-order valence-electron chi connectivity index (χ0n) is 15.4. The van der Waals surface area contributed by atoms with E-state index in [0.717, 1.165) is 52.5 Å². The Morgan fingerprint density at radius 2 is 2.00 bits per heavy atom. The number of nitrogens with zero attached hydrogens (tertiary/aromatic N) is 2. The van der Waals surface area contributed by atoms with Crippen LogP contribution in [0, 0.1) is 6.92 Å². The molecule has 2 aromatic heterocycles. The van der Waals surface area contributed by atoms with Gasteiger partial charge in [-0.25, -0.2) is 4.98 Å². The van der Waals surface area contributed by atoms with Crippen molar-refractivity contribution in [3.05, 3.63) is 50.6 Å². The average Bonchev–Trinajstić information content (AvgIpc) is 3.20. The van der Waals surface area contributed by atoms with Gasteiger partial charge in [0.25, 0.3) is 5.56 Å². The summed E-state index contributed by atoms with van der Waals surface area (Å²) in [6.45, 7) is 4.28. The molecule has 4 rings (SSSR count). The molecule has 0 fully saturated rings. The van der Waals surface area contributed by atoms with Crippen molar-refractivity contribution in [2.24, 2.45) is 0 Å². The second-order valence-electron chi connectivity index (χ2n) is 6.96. The van der Waals surface area contributed by atoms with Crippen molar-refractivity contribution in [1.29, 1.82) is 0 Å². The lowest BCUT2D eigenvalue weighted by Gasteiger charge is -2.12. The fourth-order valence-corrected chi connectivity index (χ4v) is 5.87. The standard InChI is InChI=1S/C21H24N2OS2/c1-3-4-5-13-25-21-22-19-18(16-7-6-8-17(16)26-19)20(24)23(21)15-11-9-14(2)10-12-15/h9-12H,3-8,13H2,1-2H3. The summed E-state index contributed by atoms with van der Waals surface area (Å²) in [6.07, 6.45) is 6.85. The minimum atomic E-state index is 0.108. The van der Waals surface area contributed by atoms with E-state index in [1.807, 2.05) is 16.7 Å². The van der Waals surface area contributed by atoms with Crippen LogP contribution in [0.3, 0.4) is 0 Å². The van der Waals surface area contributed by atoms with Gasteiger partial charge in [0.15, 0.2) is 5.16 Å². The monoisotopic (exact) mass is 384 g/mol. The van der Waals surface area contributed by atoms with Crippen LogP contribution in [0.2, 0.25) is 0 Å². The fraction of sp³-hybridized carbons (Fsp3) is 0.429. The molecule has 0 saturated heterocycles. The quantitative estimate of drug-likeness (QED) is 0.318. The van der Waals surface area contributed by atoms with Gasteiger partial charge in [-0.05, 0) is 50.3 Å². The van der Waals surface area contributed by atoms with E-state index in [1.54, 1.807) is 23.1 Å². The van der Waals surface area contributed by atoms with Crippen LogP contribution in [0.15, 0.2) is 34.2 Å². The van der Waals surface area contributed by atoms with Crippen molar-refractivity contribution in [1.82, 2.24) is 9.55 Å². The first-order valence-corrected chi connectivity index (χ1v) is 11.3. The minimum Gasteiger partial charge on any atom is -0.268 e. The Kier molecular flexibility index (Phi) is 5.18. The summed E-state index contributed by atoms with van der Waals surface area (Å²) in [6, 6.07) is 8.20. The Morgan fingerprint density at radius 1 is 1.19 bits per heavy atom. The predicted molar refractivity (Wildman–Crippen MR) is 112 cm³/mol. The fourth-order valence-electron chi connectivity index (χ4n) is 3.56. The van der Waals surface area contributed by atoms with E-state index in [1.165, 1.54) is 28.8 Å². The lowest BCUT2D eigenvalue weighted by atomic mass is 10.2. The molecular weight excluding hydrogens is 360 g/mol. The highest BCUT2D eigenvalue weighted by molar-refractivity contribution is 7.99. The number of thioether (sulfide) groups is 1. The third-order valence-corrected chi connectivity index (χ3v) is 7.19. The zero-order chi connectivity index (χ0) is 18.1. The zero-order valence-corrected chi connectivity index (χ0v) is 17.0. The molecule has 5 heteroatoms. The molecule has 0 spiro atoms. The van der Waals surface area contributed by atoms with E-state index in [-0.39, 0.29) is 5.56 Å². The summed E-state index contributed by atoms with van der Waals surface area (Å²) in [5.41, 5.74) is 3.48. The van der Waals surface area contributed by atoms with Crippen LogP contribution >= 0.6 is 23.1 Å². The Balaban J connectivity index is 1.85. The van der Waals surface area contributed by atoms with Gasteiger partial charge in [0.05, 0.1) is 11.1 Å². The van der Waals surface area contributed by atoms with Gasteiger partial charge in [-0.3, -0.25) is 9.36 Å². The van der Waals surface area contributed by atoms with Crippen molar-refractivity contribution < 1.29 is 0 Å². The molecule has 0 amide bonds. The normalized spacial score (nSPS) is 13.5. The number of rotatable bonds is 6. The summed E-state index contributed by atoms with van der Waals surface area (Å²) >= 11 is 3.44. The minimum absolute atomic E-state index is 0.108. The summed E-state index contributed by atoms with van der Waals surface area (Å²) in [4.78, 5) is 20.7. The number of fused-ring (bicyclic) bond motifs is 3. The van der Waals surface area contributed by atoms with Gasteiger partial charge < -0.3 is 0 Å². The van der Waals surface area contributed by atoms with Crippen LogP contribution in [0.5, 0.6) is 0 Å². The van der Waals surface area contributed by atoms with Gasteiger partial charge in [-0.15, -0.1) is 11.3 Å². The van der Waals surface area contributed by atoms with Gasteiger partial charge in [0, 0.05) is 10.6 Å². The molecule has 1 aliphatic rings. The highest BCUT2D eigenvalue weighted by Crippen LogP contribution is 2.36. The number of aromatic nitrogens is 2. The van der Waals surface area contributed by atoms with Crippen molar-refractivity contribution in [2.45, 2.75) is 57.5 Å². The number of hydrogen-bond donors (Lipinski definition) is 0.